The van der Waals surface area contributed by atoms with Crippen LogP contribution in [0.2, 0.25) is 0 Å². The molecule has 6 heteroatoms. The van der Waals surface area contributed by atoms with E-state index in [9.17, 15) is 13.2 Å². The minimum Gasteiger partial charge on any atom is -0.459 e. The van der Waals surface area contributed by atoms with Gasteiger partial charge in [-0.25, -0.2) is 8.42 Å². The number of esters is 1. The highest BCUT2D eigenvalue weighted by molar-refractivity contribution is 9.10. The average molecular weight is 335 g/mol. The average Bonchev–Trinajstić information content (AvgIpc) is 2.13. The SMILES string of the molecule is CC(C)(C)OC(=O)CS(=O)(=O)c1cccc(Br)c1. The molecule has 0 amide bonds. The molecule has 0 saturated carbocycles. The number of halogens is 1. The summed E-state index contributed by atoms with van der Waals surface area (Å²) in [6.45, 7) is 5.07. The predicted octanol–water partition coefficient (Wildman–Crippen LogP) is 2.56. The molecule has 100 valence electrons. The van der Waals surface area contributed by atoms with Crippen LogP contribution in [0.25, 0.3) is 0 Å². The molecule has 18 heavy (non-hydrogen) atoms. The summed E-state index contributed by atoms with van der Waals surface area (Å²) in [7, 11) is -3.66. The van der Waals surface area contributed by atoms with Crippen molar-refractivity contribution in [2.75, 3.05) is 5.75 Å². The monoisotopic (exact) mass is 334 g/mol. The molecule has 0 atom stereocenters. The van der Waals surface area contributed by atoms with Crippen molar-refractivity contribution < 1.29 is 17.9 Å². The second-order valence-electron chi connectivity index (χ2n) is 4.80. The maximum atomic E-state index is 12.0. The molecular formula is C12H15BrO4S. The van der Waals surface area contributed by atoms with E-state index in [1.165, 1.54) is 12.1 Å². The Morgan fingerprint density at radius 3 is 2.44 bits per heavy atom. The van der Waals surface area contributed by atoms with Gasteiger partial charge in [0.2, 0.25) is 0 Å². The summed E-state index contributed by atoms with van der Waals surface area (Å²) in [5.74, 6) is -1.40. The fourth-order valence-electron chi connectivity index (χ4n) is 1.27. The molecule has 0 bridgehead atoms. The molecular weight excluding hydrogens is 320 g/mol. The highest BCUT2D eigenvalue weighted by Gasteiger charge is 2.24. The normalized spacial score (nSPS) is 12.2. The zero-order chi connectivity index (χ0) is 14.0. The molecule has 0 aliphatic carbocycles. The summed E-state index contributed by atoms with van der Waals surface area (Å²) in [6.07, 6.45) is 0. The summed E-state index contributed by atoms with van der Waals surface area (Å²) in [5, 5.41) is 0. The summed E-state index contributed by atoms with van der Waals surface area (Å²) in [6, 6.07) is 6.22. The molecule has 0 spiro atoms. The van der Waals surface area contributed by atoms with E-state index in [0.717, 1.165) is 0 Å². The molecule has 0 radical (unpaired) electrons. The quantitative estimate of drug-likeness (QED) is 0.797. The van der Waals surface area contributed by atoms with Crippen molar-refractivity contribution >= 4 is 31.7 Å². The Morgan fingerprint density at radius 1 is 1.33 bits per heavy atom. The zero-order valence-electron chi connectivity index (χ0n) is 10.4. The van der Waals surface area contributed by atoms with Gasteiger partial charge in [0.1, 0.15) is 5.60 Å². The summed E-state index contributed by atoms with van der Waals surface area (Å²) in [5.41, 5.74) is -0.691. The Kier molecular flexibility index (Phi) is 4.55. The lowest BCUT2D eigenvalue weighted by atomic mass is 10.2. The van der Waals surface area contributed by atoms with Gasteiger partial charge < -0.3 is 4.74 Å². The molecule has 0 N–H and O–H groups in total. The van der Waals surface area contributed by atoms with E-state index in [2.05, 4.69) is 15.9 Å². The lowest BCUT2D eigenvalue weighted by molar-refractivity contribution is -0.151. The van der Waals surface area contributed by atoms with Crippen LogP contribution in [-0.2, 0) is 19.4 Å². The van der Waals surface area contributed by atoms with Crippen LogP contribution in [0.1, 0.15) is 20.8 Å². The second kappa shape index (κ2) is 5.40. The van der Waals surface area contributed by atoms with Crippen LogP contribution >= 0.6 is 15.9 Å². The Morgan fingerprint density at radius 2 is 1.94 bits per heavy atom. The van der Waals surface area contributed by atoms with Gasteiger partial charge in [-0.2, -0.15) is 0 Å². The molecule has 0 saturated heterocycles. The number of rotatable bonds is 3. The predicted molar refractivity (Wildman–Crippen MR) is 72.0 cm³/mol. The first-order chi connectivity index (χ1) is 8.10. The van der Waals surface area contributed by atoms with Crippen molar-refractivity contribution in [1.29, 1.82) is 0 Å². The Bertz CT molecular complexity index is 543. The highest BCUT2D eigenvalue weighted by atomic mass is 79.9. The van der Waals surface area contributed by atoms with Gasteiger partial charge in [0.15, 0.2) is 15.6 Å². The van der Waals surface area contributed by atoms with Crippen LogP contribution in [0.15, 0.2) is 33.6 Å². The molecule has 0 heterocycles. The molecule has 1 aromatic carbocycles. The third kappa shape index (κ3) is 4.78. The summed E-state index contributed by atoms with van der Waals surface area (Å²) >= 11 is 3.19. The minimum absolute atomic E-state index is 0.0998. The van der Waals surface area contributed by atoms with E-state index in [1.54, 1.807) is 32.9 Å². The van der Waals surface area contributed by atoms with Gasteiger partial charge in [0.25, 0.3) is 0 Å². The van der Waals surface area contributed by atoms with Crippen molar-refractivity contribution in [2.45, 2.75) is 31.3 Å². The van der Waals surface area contributed by atoms with Crippen molar-refractivity contribution in [2.24, 2.45) is 0 Å². The first kappa shape index (κ1) is 15.2. The number of carbonyl (C=O) groups is 1. The van der Waals surface area contributed by atoms with E-state index in [4.69, 9.17) is 4.74 Å². The van der Waals surface area contributed by atoms with Gasteiger partial charge in [-0.1, -0.05) is 22.0 Å². The minimum atomic E-state index is -3.66. The molecule has 1 rings (SSSR count). The Labute approximate surface area is 115 Å². The standard InChI is InChI=1S/C12H15BrO4S/c1-12(2,3)17-11(14)8-18(15,16)10-6-4-5-9(13)7-10/h4-7H,8H2,1-3H3. The molecule has 0 unspecified atom stereocenters. The second-order valence-corrected chi connectivity index (χ2v) is 7.71. The largest absolute Gasteiger partial charge is 0.459 e. The first-order valence-corrected chi connectivity index (χ1v) is 7.75. The van der Waals surface area contributed by atoms with Gasteiger partial charge >= 0.3 is 5.97 Å². The van der Waals surface area contributed by atoms with Crippen LogP contribution in [0.5, 0.6) is 0 Å². The molecule has 1 aromatic rings. The van der Waals surface area contributed by atoms with Crippen LogP contribution in [0.3, 0.4) is 0 Å². The molecule has 0 aliphatic rings. The van der Waals surface area contributed by atoms with E-state index in [-0.39, 0.29) is 4.90 Å². The molecule has 0 aliphatic heterocycles. The molecule has 0 fully saturated rings. The van der Waals surface area contributed by atoms with Crippen molar-refractivity contribution in [3.05, 3.63) is 28.7 Å². The molecule has 0 aromatic heterocycles. The van der Waals surface area contributed by atoms with Crippen molar-refractivity contribution in [1.82, 2.24) is 0 Å². The number of carbonyl (C=O) groups excluding carboxylic acids is 1. The van der Waals surface area contributed by atoms with Gasteiger partial charge in [-0.3, -0.25) is 4.79 Å². The van der Waals surface area contributed by atoms with Crippen molar-refractivity contribution in [3.63, 3.8) is 0 Å². The summed E-state index contributed by atoms with van der Waals surface area (Å²) < 4.78 is 29.6. The Hall–Kier alpha value is -0.880. The zero-order valence-corrected chi connectivity index (χ0v) is 12.8. The fourth-order valence-corrected chi connectivity index (χ4v) is 2.95. The highest BCUT2D eigenvalue weighted by Crippen LogP contribution is 2.18. The number of sulfone groups is 1. The number of hydrogen-bond acceptors (Lipinski definition) is 4. The maximum Gasteiger partial charge on any atom is 0.322 e. The fraction of sp³-hybridized carbons (Fsp3) is 0.417. The van der Waals surface area contributed by atoms with Gasteiger partial charge in [-0.15, -0.1) is 0 Å². The third-order valence-electron chi connectivity index (χ3n) is 1.88. The van der Waals surface area contributed by atoms with Crippen LogP contribution < -0.4 is 0 Å². The number of ether oxygens (including phenoxy) is 1. The topological polar surface area (TPSA) is 60.4 Å². The number of hydrogen-bond donors (Lipinski definition) is 0. The van der Waals surface area contributed by atoms with Crippen LogP contribution in [0, 0.1) is 0 Å². The lowest BCUT2D eigenvalue weighted by Gasteiger charge is -2.19. The summed E-state index contributed by atoms with van der Waals surface area (Å²) in [4.78, 5) is 11.6. The smallest absolute Gasteiger partial charge is 0.322 e. The van der Waals surface area contributed by atoms with Crippen LogP contribution in [-0.4, -0.2) is 25.7 Å². The van der Waals surface area contributed by atoms with E-state index in [1.807, 2.05) is 0 Å². The molecule has 4 nitrogen and oxygen atoms in total. The maximum absolute atomic E-state index is 12.0. The lowest BCUT2D eigenvalue weighted by Crippen LogP contribution is -2.28. The Balaban J connectivity index is 2.87. The van der Waals surface area contributed by atoms with Gasteiger partial charge in [-0.05, 0) is 39.0 Å². The van der Waals surface area contributed by atoms with Gasteiger partial charge in [0.05, 0.1) is 4.90 Å². The number of benzene rings is 1. The van der Waals surface area contributed by atoms with E-state index in [0.29, 0.717) is 4.47 Å². The van der Waals surface area contributed by atoms with Crippen molar-refractivity contribution in [3.8, 4) is 0 Å². The van der Waals surface area contributed by atoms with Crippen LogP contribution in [0.4, 0.5) is 0 Å². The van der Waals surface area contributed by atoms with E-state index < -0.39 is 27.2 Å². The van der Waals surface area contributed by atoms with E-state index >= 15 is 0 Å². The van der Waals surface area contributed by atoms with Gasteiger partial charge in [0, 0.05) is 4.47 Å². The third-order valence-corrected chi connectivity index (χ3v) is 3.96. The first-order valence-electron chi connectivity index (χ1n) is 5.30.